The fourth-order valence-corrected chi connectivity index (χ4v) is 3.26. The molecule has 0 N–H and O–H groups in total. The predicted molar refractivity (Wildman–Crippen MR) is 98.3 cm³/mol. The quantitative estimate of drug-likeness (QED) is 0.621. The lowest BCUT2D eigenvalue weighted by Crippen LogP contribution is -1.96. The van der Waals surface area contributed by atoms with Crippen LogP contribution in [0.25, 0.3) is 11.4 Å². The first-order valence-corrected chi connectivity index (χ1v) is 8.97. The largest absolute Gasteiger partial charge is 0.494 e. The molecule has 1 heterocycles. The third-order valence-corrected chi connectivity index (χ3v) is 4.84. The summed E-state index contributed by atoms with van der Waals surface area (Å²) in [6, 6.07) is 16.6. The van der Waals surface area contributed by atoms with E-state index in [1.54, 1.807) is 11.8 Å². The van der Waals surface area contributed by atoms with Crippen molar-refractivity contribution in [2.75, 3.05) is 6.61 Å². The molecule has 0 aliphatic carbocycles. The maximum absolute atomic E-state index is 5.48. The molecule has 3 aromatic rings. The van der Waals surface area contributed by atoms with Gasteiger partial charge in [-0.05, 0) is 43.7 Å². The van der Waals surface area contributed by atoms with E-state index in [1.807, 2.05) is 42.8 Å². The van der Waals surface area contributed by atoms with Crippen molar-refractivity contribution in [1.29, 1.82) is 0 Å². The molecule has 0 aliphatic heterocycles. The molecule has 0 atom stereocenters. The maximum Gasteiger partial charge on any atom is 0.191 e. The fraction of sp³-hybridized carbons (Fsp3) is 0.263. The van der Waals surface area contributed by atoms with Crippen LogP contribution in [0.5, 0.6) is 5.75 Å². The lowest BCUT2D eigenvalue weighted by Gasteiger charge is -2.06. The predicted octanol–water partition coefficient (Wildman–Crippen LogP) is 4.48. The van der Waals surface area contributed by atoms with Crippen LogP contribution >= 0.6 is 11.8 Å². The summed E-state index contributed by atoms with van der Waals surface area (Å²) in [5, 5.41) is 9.58. The van der Waals surface area contributed by atoms with Crippen LogP contribution in [0.2, 0.25) is 0 Å². The first kappa shape index (κ1) is 16.6. The molecule has 124 valence electrons. The van der Waals surface area contributed by atoms with E-state index in [0.717, 1.165) is 28.0 Å². The molecule has 0 aliphatic rings. The third-order valence-electron chi connectivity index (χ3n) is 3.75. The van der Waals surface area contributed by atoms with Crippen molar-refractivity contribution in [1.82, 2.24) is 14.8 Å². The van der Waals surface area contributed by atoms with Crippen molar-refractivity contribution in [3.63, 3.8) is 0 Å². The van der Waals surface area contributed by atoms with Crippen molar-refractivity contribution in [3.8, 4) is 17.1 Å². The Morgan fingerprint density at radius 2 is 1.71 bits per heavy atom. The molecule has 4 nitrogen and oxygen atoms in total. The van der Waals surface area contributed by atoms with Gasteiger partial charge in [-0.1, -0.05) is 41.6 Å². The summed E-state index contributed by atoms with van der Waals surface area (Å²) < 4.78 is 7.52. The van der Waals surface area contributed by atoms with Gasteiger partial charge < -0.3 is 9.30 Å². The number of thioether (sulfide) groups is 1. The van der Waals surface area contributed by atoms with Gasteiger partial charge in [0, 0.05) is 18.4 Å². The number of ether oxygens (including phenoxy) is 1. The van der Waals surface area contributed by atoms with Gasteiger partial charge in [0.2, 0.25) is 0 Å². The summed E-state index contributed by atoms with van der Waals surface area (Å²) in [7, 11) is 2.00. The smallest absolute Gasteiger partial charge is 0.191 e. The molecular weight excluding hydrogens is 318 g/mol. The number of nitrogens with zero attached hydrogens (tertiary/aromatic N) is 3. The van der Waals surface area contributed by atoms with Crippen LogP contribution in [0, 0.1) is 6.92 Å². The lowest BCUT2D eigenvalue weighted by molar-refractivity contribution is 0.340. The van der Waals surface area contributed by atoms with Crippen molar-refractivity contribution in [2.24, 2.45) is 7.05 Å². The molecule has 3 rings (SSSR count). The zero-order valence-corrected chi connectivity index (χ0v) is 15.0. The Kier molecular flexibility index (Phi) is 5.20. The summed E-state index contributed by atoms with van der Waals surface area (Å²) in [6.07, 6.45) is 0. The van der Waals surface area contributed by atoms with Gasteiger partial charge in [-0.15, -0.1) is 10.2 Å². The summed E-state index contributed by atoms with van der Waals surface area (Å²) in [5.74, 6) is 2.62. The Morgan fingerprint density at radius 3 is 2.38 bits per heavy atom. The van der Waals surface area contributed by atoms with Crippen molar-refractivity contribution >= 4 is 11.8 Å². The number of hydrogen-bond acceptors (Lipinski definition) is 4. The van der Waals surface area contributed by atoms with Gasteiger partial charge in [0.15, 0.2) is 11.0 Å². The molecule has 24 heavy (non-hydrogen) atoms. The summed E-state index contributed by atoms with van der Waals surface area (Å²) >= 11 is 1.70. The van der Waals surface area contributed by atoms with E-state index in [-0.39, 0.29) is 0 Å². The van der Waals surface area contributed by atoms with Gasteiger partial charge in [0.25, 0.3) is 0 Å². The SMILES string of the molecule is CCOc1ccc(-c2nnc(SCc3ccc(C)cc3)n2C)cc1. The first-order valence-electron chi connectivity index (χ1n) is 7.98. The molecular formula is C19H21N3OS. The van der Waals surface area contributed by atoms with Crippen LogP contribution in [-0.2, 0) is 12.8 Å². The van der Waals surface area contributed by atoms with E-state index >= 15 is 0 Å². The molecule has 0 saturated carbocycles. The normalized spacial score (nSPS) is 10.8. The number of aryl methyl sites for hydroxylation is 1. The Bertz CT molecular complexity index is 794. The highest BCUT2D eigenvalue weighted by Gasteiger charge is 2.11. The minimum absolute atomic E-state index is 0.670. The second-order valence-electron chi connectivity index (χ2n) is 5.60. The maximum atomic E-state index is 5.48. The molecule has 0 radical (unpaired) electrons. The molecule has 1 aromatic heterocycles. The number of hydrogen-bond donors (Lipinski definition) is 0. The Balaban J connectivity index is 1.72. The van der Waals surface area contributed by atoms with Crippen LogP contribution in [0.3, 0.4) is 0 Å². The monoisotopic (exact) mass is 339 g/mol. The summed E-state index contributed by atoms with van der Waals surface area (Å²) in [5.41, 5.74) is 3.60. The van der Waals surface area contributed by atoms with Gasteiger partial charge in [-0.2, -0.15) is 0 Å². The van der Waals surface area contributed by atoms with Gasteiger partial charge in [0.05, 0.1) is 6.61 Å². The molecule has 0 bridgehead atoms. The van der Waals surface area contributed by atoms with Gasteiger partial charge >= 0.3 is 0 Å². The second kappa shape index (κ2) is 7.53. The van der Waals surface area contributed by atoms with Crippen LogP contribution in [0.4, 0.5) is 0 Å². The van der Waals surface area contributed by atoms with E-state index in [9.17, 15) is 0 Å². The zero-order chi connectivity index (χ0) is 16.9. The van der Waals surface area contributed by atoms with E-state index in [4.69, 9.17) is 4.74 Å². The average molecular weight is 339 g/mol. The van der Waals surface area contributed by atoms with E-state index < -0.39 is 0 Å². The molecule has 0 unspecified atom stereocenters. The Morgan fingerprint density at radius 1 is 1.00 bits per heavy atom. The second-order valence-corrected chi connectivity index (χ2v) is 6.54. The molecule has 5 heteroatoms. The van der Waals surface area contributed by atoms with Crippen LogP contribution < -0.4 is 4.74 Å². The zero-order valence-electron chi connectivity index (χ0n) is 14.2. The summed E-state index contributed by atoms with van der Waals surface area (Å²) in [6.45, 7) is 4.75. The fourth-order valence-electron chi connectivity index (χ4n) is 2.39. The number of benzene rings is 2. The highest BCUT2D eigenvalue weighted by atomic mass is 32.2. The molecule has 0 spiro atoms. The first-order chi connectivity index (χ1) is 11.7. The van der Waals surface area contributed by atoms with E-state index in [1.165, 1.54) is 11.1 Å². The van der Waals surface area contributed by atoms with Crippen molar-refractivity contribution < 1.29 is 4.74 Å². The molecule has 0 fully saturated rings. The summed E-state index contributed by atoms with van der Waals surface area (Å²) in [4.78, 5) is 0. The number of aromatic nitrogens is 3. The minimum Gasteiger partial charge on any atom is -0.494 e. The minimum atomic E-state index is 0.670. The standard InChI is InChI=1S/C19H21N3OS/c1-4-23-17-11-9-16(10-12-17)18-20-21-19(22(18)3)24-13-15-7-5-14(2)6-8-15/h5-12H,4,13H2,1-3H3. The highest BCUT2D eigenvalue weighted by molar-refractivity contribution is 7.98. The lowest BCUT2D eigenvalue weighted by atomic mass is 10.2. The van der Waals surface area contributed by atoms with Crippen molar-refractivity contribution in [2.45, 2.75) is 24.8 Å². The van der Waals surface area contributed by atoms with Gasteiger partial charge in [-0.3, -0.25) is 0 Å². The highest BCUT2D eigenvalue weighted by Crippen LogP contribution is 2.26. The van der Waals surface area contributed by atoms with Crippen LogP contribution in [0.1, 0.15) is 18.1 Å². The van der Waals surface area contributed by atoms with Crippen molar-refractivity contribution in [3.05, 3.63) is 59.7 Å². The van der Waals surface area contributed by atoms with Gasteiger partial charge in [0.1, 0.15) is 5.75 Å². The molecule has 0 amide bonds. The Hall–Kier alpha value is -2.27. The number of rotatable bonds is 6. The molecule has 0 saturated heterocycles. The average Bonchev–Trinajstić information content (AvgIpc) is 2.96. The topological polar surface area (TPSA) is 39.9 Å². The Labute approximate surface area is 146 Å². The van der Waals surface area contributed by atoms with Gasteiger partial charge in [-0.25, -0.2) is 0 Å². The third kappa shape index (κ3) is 3.79. The van der Waals surface area contributed by atoms with E-state index in [2.05, 4.69) is 41.4 Å². The van der Waals surface area contributed by atoms with Crippen LogP contribution in [0.15, 0.2) is 53.7 Å². The van der Waals surface area contributed by atoms with E-state index in [0.29, 0.717) is 6.61 Å². The molecule has 2 aromatic carbocycles. The van der Waals surface area contributed by atoms with Crippen LogP contribution in [-0.4, -0.2) is 21.4 Å².